The van der Waals surface area contributed by atoms with E-state index in [0.29, 0.717) is 0 Å². The Bertz CT molecular complexity index is 443. The van der Waals surface area contributed by atoms with E-state index in [-0.39, 0.29) is 5.03 Å². The van der Waals surface area contributed by atoms with Crippen molar-refractivity contribution in [1.29, 1.82) is 0 Å². The van der Waals surface area contributed by atoms with Gasteiger partial charge in [0.1, 0.15) is 17.9 Å². The van der Waals surface area contributed by atoms with Crippen LogP contribution >= 0.6 is 11.6 Å². The van der Waals surface area contributed by atoms with Crippen molar-refractivity contribution in [3.63, 3.8) is 0 Å². The molecule has 0 radical (unpaired) electrons. The topological polar surface area (TPSA) is 78.9 Å². The van der Waals surface area contributed by atoms with Crippen LogP contribution in [0.2, 0.25) is 0 Å². The van der Waals surface area contributed by atoms with E-state index in [2.05, 4.69) is 9.47 Å². The van der Waals surface area contributed by atoms with Crippen LogP contribution < -0.4 is 0 Å². The van der Waals surface area contributed by atoms with E-state index in [1.165, 1.54) is 20.3 Å². The largest absolute Gasteiger partial charge is 0.469 e. The zero-order valence-corrected chi connectivity index (χ0v) is 10.5. The fourth-order valence-electron chi connectivity index (χ4n) is 2.36. The van der Waals surface area contributed by atoms with Crippen molar-refractivity contribution in [3.05, 3.63) is 11.1 Å². The van der Waals surface area contributed by atoms with E-state index in [1.807, 2.05) is 0 Å². The van der Waals surface area contributed by atoms with Crippen LogP contribution in [0, 0.1) is 17.8 Å². The summed E-state index contributed by atoms with van der Waals surface area (Å²) in [5.74, 6) is -4.83. The van der Waals surface area contributed by atoms with E-state index in [0.717, 1.165) is 0 Å². The molecule has 2 heterocycles. The Morgan fingerprint density at radius 1 is 1.22 bits per heavy atom. The zero-order valence-electron chi connectivity index (χ0n) is 9.71. The maximum Gasteiger partial charge on any atom is 0.315 e. The molecule has 6 nitrogen and oxygen atoms in total. The van der Waals surface area contributed by atoms with E-state index in [4.69, 9.17) is 16.3 Å². The van der Waals surface area contributed by atoms with Crippen LogP contribution in [0.1, 0.15) is 0 Å². The zero-order chi connectivity index (χ0) is 13.4. The third kappa shape index (κ3) is 1.77. The first-order chi connectivity index (χ1) is 8.51. The highest BCUT2D eigenvalue weighted by atomic mass is 35.5. The van der Waals surface area contributed by atoms with Crippen molar-refractivity contribution in [1.82, 2.24) is 0 Å². The van der Waals surface area contributed by atoms with Gasteiger partial charge in [0.05, 0.1) is 20.1 Å². The lowest BCUT2D eigenvalue weighted by atomic mass is 9.71. The molecule has 0 N–H and O–H groups in total. The van der Waals surface area contributed by atoms with E-state index >= 15 is 0 Å². The van der Waals surface area contributed by atoms with Crippen LogP contribution in [0.25, 0.3) is 0 Å². The number of hydrogen-bond donors (Lipinski definition) is 0. The Morgan fingerprint density at radius 2 is 1.78 bits per heavy atom. The smallest absolute Gasteiger partial charge is 0.315 e. The average molecular weight is 275 g/mol. The number of carbonyl (C=O) groups excluding carboxylic acids is 3. The molecular weight excluding hydrogens is 264 g/mol. The first-order valence-corrected chi connectivity index (χ1v) is 5.62. The minimum atomic E-state index is -0.994. The van der Waals surface area contributed by atoms with Gasteiger partial charge in [-0.05, 0) is 6.08 Å². The number of halogens is 1. The minimum Gasteiger partial charge on any atom is -0.469 e. The SMILES string of the molecule is COC(=O)[C@@H]1[C@H]2C(=O)O[C@H](C=C2Cl)[C@@H]1C(=O)OC. The highest BCUT2D eigenvalue weighted by Gasteiger charge is 2.57. The van der Waals surface area contributed by atoms with Gasteiger partial charge >= 0.3 is 17.9 Å². The van der Waals surface area contributed by atoms with Gasteiger partial charge in [-0.2, -0.15) is 0 Å². The molecule has 4 atom stereocenters. The second-order valence-corrected chi connectivity index (χ2v) is 4.47. The Kier molecular flexibility index (Phi) is 3.30. The molecule has 0 unspecified atom stereocenters. The first-order valence-electron chi connectivity index (χ1n) is 5.24. The average Bonchev–Trinajstić information content (AvgIpc) is 2.35. The third-order valence-corrected chi connectivity index (χ3v) is 3.53. The number of esters is 3. The molecule has 18 heavy (non-hydrogen) atoms. The molecular formula is C11H11ClO6. The van der Waals surface area contributed by atoms with Gasteiger partial charge in [0.15, 0.2) is 0 Å². The van der Waals surface area contributed by atoms with Gasteiger partial charge in [-0.25, -0.2) is 0 Å². The summed E-state index contributed by atoms with van der Waals surface area (Å²) in [6.07, 6.45) is 0.570. The number of carbonyl (C=O) groups is 3. The van der Waals surface area contributed by atoms with Crippen LogP contribution in [0.3, 0.4) is 0 Å². The molecule has 0 aromatic carbocycles. The van der Waals surface area contributed by atoms with E-state index < -0.39 is 41.8 Å². The fourth-order valence-corrected chi connectivity index (χ4v) is 2.71. The van der Waals surface area contributed by atoms with Crippen molar-refractivity contribution in [2.45, 2.75) is 6.10 Å². The number of hydrogen-bond acceptors (Lipinski definition) is 6. The van der Waals surface area contributed by atoms with Crippen molar-refractivity contribution < 1.29 is 28.6 Å². The van der Waals surface area contributed by atoms with Crippen LogP contribution in [0.15, 0.2) is 11.1 Å². The van der Waals surface area contributed by atoms with Gasteiger partial charge in [-0.15, -0.1) is 0 Å². The lowest BCUT2D eigenvalue weighted by Gasteiger charge is -2.41. The lowest BCUT2D eigenvalue weighted by molar-refractivity contribution is -0.185. The molecule has 0 saturated carbocycles. The summed E-state index contributed by atoms with van der Waals surface area (Å²) in [5.41, 5.74) is 0. The first kappa shape index (κ1) is 12.9. The highest BCUT2D eigenvalue weighted by molar-refractivity contribution is 6.32. The molecule has 0 spiro atoms. The second kappa shape index (κ2) is 4.61. The minimum absolute atomic E-state index is 0.201. The summed E-state index contributed by atoms with van der Waals surface area (Å²) in [5, 5.41) is 0.201. The molecule has 0 aromatic rings. The summed E-state index contributed by atoms with van der Waals surface area (Å²) in [6, 6.07) is 0. The predicted octanol–water partition coefficient (Wildman–Crippen LogP) is 0.243. The third-order valence-electron chi connectivity index (χ3n) is 3.17. The molecule has 2 bridgehead atoms. The maximum absolute atomic E-state index is 11.8. The molecule has 2 aliphatic heterocycles. The van der Waals surface area contributed by atoms with Gasteiger partial charge in [-0.1, -0.05) is 11.6 Å². The number of ether oxygens (including phenoxy) is 3. The highest BCUT2D eigenvalue weighted by Crippen LogP contribution is 2.44. The van der Waals surface area contributed by atoms with Crippen LogP contribution in [0.4, 0.5) is 0 Å². The van der Waals surface area contributed by atoms with Gasteiger partial charge in [0.25, 0.3) is 0 Å². The molecule has 1 fully saturated rings. The summed E-state index contributed by atoms with van der Waals surface area (Å²) in [6.45, 7) is 0. The molecule has 3 aliphatic rings. The van der Waals surface area contributed by atoms with Crippen molar-refractivity contribution >= 4 is 29.5 Å². The predicted molar refractivity (Wildman–Crippen MR) is 58.3 cm³/mol. The van der Waals surface area contributed by atoms with E-state index in [1.54, 1.807) is 0 Å². The molecule has 3 rings (SSSR count). The Labute approximate surface area is 108 Å². The Hall–Kier alpha value is -1.56. The second-order valence-electron chi connectivity index (χ2n) is 4.03. The number of rotatable bonds is 2. The quantitative estimate of drug-likeness (QED) is 0.530. The standard InChI is InChI=1S/C11H11ClO6/c1-16-9(13)7-5-3-4(12)6(11(15)18-5)8(7)10(14)17-2/h3,5-8H,1-2H3/t5-,6+,7+,8-/m1/s1. The fraction of sp³-hybridized carbons (Fsp3) is 0.545. The summed E-state index contributed by atoms with van der Waals surface area (Å²) < 4.78 is 14.3. The van der Waals surface area contributed by atoms with Crippen molar-refractivity contribution in [2.75, 3.05) is 14.2 Å². The van der Waals surface area contributed by atoms with Crippen LogP contribution in [-0.2, 0) is 28.6 Å². The number of methoxy groups -OCH3 is 2. The monoisotopic (exact) mass is 274 g/mol. The van der Waals surface area contributed by atoms with Gasteiger partial charge in [0, 0.05) is 5.03 Å². The summed E-state index contributed by atoms with van der Waals surface area (Å²) in [7, 11) is 2.38. The molecule has 98 valence electrons. The maximum atomic E-state index is 11.8. The van der Waals surface area contributed by atoms with Gasteiger partial charge in [-0.3, -0.25) is 14.4 Å². The van der Waals surface area contributed by atoms with Gasteiger partial charge < -0.3 is 14.2 Å². The van der Waals surface area contributed by atoms with E-state index in [9.17, 15) is 14.4 Å². The Balaban J connectivity index is 2.44. The van der Waals surface area contributed by atoms with Crippen molar-refractivity contribution in [2.24, 2.45) is 17.8 Å². The molecule has 0 aromatic heterocycles. The normalized spacial score (nSPS) is 33.5. The molecule has 7 heteroatoms. The van der Waals surface area contributed by atoms with Crippen LogP contribution in [-0.4, -0.2) is 38.2 Å². The molecule has 1 aliphatic carbocycles. The number of fused-ring (bicyclic) bond motifs is 2. The molecule has 0 amide bonds. The van der Waals surface area contributed by atoms with Crippen molar-refractivity contribution in [3.8, 4) is 0 Å². The summed E-state index contributed by atoms with van der Waals surface area (Å²) in [4.78, 5) is 35.1. The lowest BCUT2D eigenvalue weighted by Crippen LogP contribution is -2.54. The summed E-state index contributed by atoms with van der Waals surface area (Å²) >= 11 is 5.92. The van der Waals surface area contributed by atoms with Gasteiger partial charge in [0.2, 0.25) is 0 Å². The van der Waals surface area contributed by atoms with Crippen LogP contribution in [0.5, 0.6) is 0 Å². The molecule has 1 saturated heterocycles. The Morgan fingerprint density at radius 3 is 2.28 bits per heavy atom.